The van der Waals surface area contributed by atoms with Crippen molar-refractivity contribution in [1.82, 2.24) is 10.6 Å². The molecule has 0 aliphatic heterocycles. The SMILES string of the molecule is CN=C(NCc1ccsc1)NCc1cccc(C#N)c1. The topological polar surface area (TPSA) is 60.2 Å². The van der Waals surface area contributed by atoms with Crippen LogP contribution in [-0.4, -0.2) is 13.0 Å². The molecule has 0 aliphatic carbocycles. The largest absolute Gasteiger partial charge is 0.352 e. The van der Waals surface area contributed by atoms with Crippen molar-refractivity contribution in [3.05, 3.63) is 57.8 Å². The molecule has 1 heterocycles. The first-order chi connectivity index (χ1) is 9.81. The average molecular weight is 284 g/mol. The molecule has 0 radical (unpaired) electrons. The minimum absolute atomic E-state index is 0.638. The average Bonchev–Trinajstić information content (AvgIpc) is 3.01. The molecule has 4 nitrogen and oxygen atoms in total. The molecule has 0 saturated heterocycles. The Hall–Kier alpha value is -2.32. The zero-order chi connectivity index (χ0) is 14.2. The summed E-state index contributed by atoms with van der Waals surface area (Å²) in [7, 11) is 1.74. The van der Waals surface area contributed by atoms with E-state index in [1.54, 1.807) is 24.5 Å². The highest BCUT2D eigenvalue weighted by atomic mass is 32.1. The molecule has 0 spiro atoms. The third-order valence-corrected chi connectivity index (χ3v) is 3.51. The lowest BCUT2D eigenvalue weighted by atomic mass is 10.1. The van der Waals surface area contributed by atoms with Crippen LogP contribution < -0.4 is 10.6 Å². The first-order valence-electron chi connectivity index (χ1n) is 6.26. The molecule has 0 bridgehead atoms. The van der Waals surface area contributed by atoms with Crippen LogP contribution in [0.2, 0.25) is 0 Å². The summed E-state index contributed by atoms with van der Waals surface area (Å²) >= 11 is 1.68. The maximum absolute atomic E-state index is 8.87. The van der Waals surface area contributed by atoms with E-state index in [2.05, 4.69) is 38.5 Å². The Balaban J connectivity index is 1.86. The maximum atomic E-state index is 8.87. The van der Waals surface area contributed by atoms with Crippen LogP contribution in [0.4, 0.5) is 0 Å². The Morgan fingerprint density at radius 2 is 2.05 bits per heavy atom. The molecule has 0 saturated carbocycles. The molecule has 0 fully saturated rings. The summed E-state index contributed by atoms with van der Waals surface area (Å²) in [5.74, 6) is 0.749. The zero-order valence-corrected chi connectivity index (χ0v) is 12.1. The molecule has 0 aliphatic rings. The Morgan fingerprint density at radius 3 is 2.70 bits per heavy atom. The summed E-state index contributed by atoms with van der Waals surface area (Å²) in [5, 5.41) is 19.5. The fraction of sp³-hybridized carbons (Fsp3) is 0.200. The molecule has 2 rings (SSSR count). The summed E-state index contributed by atoms with van der Waals surface area (Å²) in [6, 6.07) is 11.8. The van der Waals surface area contributed by atoms with Crippen molar-refractivity contribution in [3.63, 3.8) is 0 Å². The standard InChI is InChI=1S/C15H16N4S/c1-17-15(19-10-14-5-6-20-11-14)18-9-13-4-2-3-12(7-13)8-16/h2-7,11H,9-10H2,1H3,(H2,17,18,19). The summed E-state index contributed by atoms with van der Waals surface area (Å²) in [6.45, 7) is 1.39. The van der Waals surface area contributed by atoms with Crippen molar-refractivity contribution >= 4 is 17.3 Å². The molecular formula is C15H16N4S. The van der Waals surface area contributed by atoms with Gasteiger partial charge in [-0.05, 0) is 40.1 Å². The number of guanidine groups is 1. The molecule has 1 aromatic heterocycles. The Bertz CT molecular complexity index is 611. The highest BCUT2D eigenvalue weighted by Crippen LogP contribution is 2.05. The van der Waals surface area contributed by atoms with Gasteiger partial charge in [-0.25, -0.2) is 0 Å². The van der Waals surface area contributed by atoms with E-state index in [4.69, 9.17) is 5.26 Å². The van der Waals surface area contributed by atoms with Crippen LogP contribution in [0.3, 0.4) is 0 Å². The van der Waals surface area contributed by atoms with Crippen LogP contribution in [0, 0.1) is 11.3 Å². The summed E-state index contributed by atoms with van der Waals surface area (Å²) in [4.78, 5) is 4.18. The molecule has 5 heteroatoms. The predicted octanol–water partition coefficient (Wildman–Crippen LogP) is 2.48. The number of rotatable bonds is 4. The quantitative estimate of drug-likeness (QED) is 0.670. The fourth-order valence-electron chi connectivity index (χ4n) is 1.74. The van der Waals surface area contributed by atoms with Crippen LogP contribution >= 0.6 is 11.3 Å². The number of hydrogen-bond acceptors (Lipinski definition) is 3. The van der Waals surface area contributed by atoms with E-state index in [0.717, 1.165) is 18.1 Å². The van der Waals surface area contributed by atoms with E-state index in [0.29, 0.717) is 12.1 Å². The second kappa shape index (κ2) is 7.31. The Kier molecular flexibility index (Phi) is 5.15. The minimum atomic E-state index is 0.638. The summed E-state index contributed by atoms with van der Waals surface area (Å²) < 4.78 is 0. The molecule has 20 heavy (non-hydrogen) atoms. The molecule has 1 aromatic carbocycles. The van der Waals surface area contributed by atoms with E-state index in [1.165, 1.54) is 5.56 Å². The molecule has 102 valence electrons. The van der Waals surface area contributed by atoms with Crippen LogP contribution in [0.1, 0.15) is 16.7 Å². The van der Waals surface area contributed by atoms with Gasteiger partial charge in [0.15, 0.2) is 5.96 Å². The van der Waals surface area contributed by atoms with Crippen molar-refractivity contribution in [1.29, 1.82) is 5.26 Å². The molecule has 2 aromatic rings. The van der Waals surface area contributed by atoms with Gasteiger partial charge in [-0.2, -0.15) is 16.6 Å². The van der Waals surface area contributed by atoms with Gasteiger partial charge < -0.3 is 10.6 Å². The van der Waals surface area contributed by atoms with Gasteiger partial charge in [0.1, 0.15) is 0 Å². The normalized spacial score (nSPS) is 10.9. The van der Waals surface area contributed by atoms with Crippen LogP contribution in [-0.2, 0) is 13.1 Å². The number of benzene rings is 1. The Morgan fingerprint density at radius 1 is 1.25 bits per heavy atom. The van der Waals surface area contributed by atoms with Crippen LogP contribution in [0.25, 0.3) is 0 Å². The number of nitrogens with one attached hydrogen (secondary N) is 2. The third-order valence-electron chi connectivity index (χ3n) is 2.78. The zero-order valence-electron chi connectivity index (χ0n) is 11.3. The summed E-state index contributed by atoms with van der Waals surface area (Å²) in [5.41, 5.74) is 2.97. The van der Waals surface area contributed by atoms with Gasteiger partial charge in [0.05, 0.1) is 11.6 Å². The molecular weight excluding hydrogens is 268 g/mol. The fourth-order valence-corrected chi connectivity index (χ4v) is 2.40. The highest BCUT2D eigenvalue weighted by Gasteiger charge is 2.00. The molecule has 0 amide bonds. The lowest BCUT2D eigenvalue weighted by molar-refractivity contribution is 0.810. The van der Waals surface area contributed by atoms with Gasteiger partial charge in [0.2, 0.25) is 0 Å². The van der Waals surface area contributed by atoms with Gasteiger partial charge in [0.25, 0.3) is 0 Å². The molecule has 0 unspecified atom stereocenters. The van der Waals surface area contributed by atoms with E-state index < -0.39 is 0 Å². The first-order valence-corrected chi connectivity index (χ1v) is 7.20. The third kappa shape index (κ3) is 4.11. The number of aliphatic imine (C=N–C) groups is 1. The van der Waals surface area contributed by atoms with Gasteiger partial charge in [-0.1, -0.05) is 12.1 Å². The van der Waals surface area contributed by atoms with Crippen molar-refractivity contribution in [3.8, 4) is 6.07 Å². The molecule has 2 N–H and O–H groups in total. The van der Waals surface area contributed by atoms with Crippen LogP contribution in [0.15, 0.2) is 46.1 Å². The second-order valence-corrected chi connectivity index (χ2v) is 5.00. The number of thiophene rings is 1. The lowest BCUT2D eigenvalue weighted by Gasteiger charge is -2.11. The number of nitrogens with zero attached hydrogens (tertiary/aromatic N) is 2. The second-order valence-electron chi connectivity index (χ2n) is 4.22. The van der Waals surface area contributed by atoms with Crippen molar-refractivity contribution in [2.24, 2.45) is 4.99 Å². The molecule has 0 atom stereocenters. The Labute approximate surface area is 122 Å². The highest BCUT2D eigenvalue weighted by molar-refractivity contribution is 7.07. The van der Waals surface area contributed by atoms with E-state index in [1.807, 2.05) is 18.2 Å². The summed E-state index contributed by atoms with van der Waals surface area (Å²) in [6.07, 6.45) is 0. The minimum Gasteiger partial charge on any atom is -0.352 e. The van der Waals surface area contributed by atoms with Crippen molar-refractivity contribution in [2.45, 2.75) is 13.1 Å². The van der Waals surface area contributed by atoms with Crippen LogP contribution in [0.5, 0.6) is 0 Å². The number of hydrogen-bond donors (Lipinski definition) is 2. The van der Waals surface area contributed by atoms with Crippen molar-refractivity contribution in [2.75, 3.05) is 7.05 Å². The van der Waals surface area contributed by atoms with E-state index in [-0.39, 0.29) is 0 Å². The maximum Gasteiger partial charge on any atom is 0.191 e. The van der Waals surface area contributed by atoms with E-state index >= 15 is 0 Å². The van der Waals surface area contributed by atoms with Gasteiger partial charge >= 0.3 is 0 Å². The van der Waals surface area contributed by atoms with Crippen molar-refractivity contribution < 1.29 is 0 Å². The van der Waals surface area contributed by atoms with Gasteiger partial charge in [-0.15, -0.1) is 0 Å². The first kappa shape index (κ1) is 14.1. The lowest BCUT2D eigenvalue weighted by Crippen LogP contribution is -2.36. The monoisotopic (exact) mass is 284 g/mol. The van der Waals surface area contributed by atoms with E-state index in [9.17, 15) is 0 Å². The smallest absolute Gasteiger partial charge is 0.191 e. The number of nitriles is 1. The van der Waals surface area contributed by atoms with Gasteiger partial charge in [0, 0.05) is 20.1 Å². The predicted molar refractivity (Wildman–Crippen MR) is 82.5 cm³/mol. The van der Waals surface area contributed by atoms with Gasteiger partial charge in [-0.3, -0.25) is 4.99 Å².